The third-order valence-electron chi connectivity index (χ3n) is 0.872. The Hall–Kier alpha value is -1.20. The van der Waals surface area contributed by atoms with Gasteiger partial charge < -0.3 is 24.2 Å². The summed E-state index contributed by atoms with van der Waals surface area (Å²) in [5.74, 6) is -0.713. The number of hydrogen-bond acceptors (Lipinski definition) is 7. The van der Waals surface area contributed by atoms with Crippen molar-refractivity contribution < 1.29 is 33.8 Å². The first-order valence-electron chi connectivity index (χ1n) is 4.57. The van der Waals surface area contributed by atoms with Crippen LogP contribution in [0.5, 0.6) is 0 Å². The van der Waals surface area contributed by atoms with Crippen LogP contribution in [0.3, 0.4) is 0 Å². The average Bonchev–Trinajstić information content (AvgIpc) is 2.22. The van der Waals surface area contributed by atoms with Gasteiger partial charge in [-0.25, -0.2) is 4.79 Å². The molecule has 0 aromatic heterocycles. The second-order valence-electron chi connectivity index (χ2n) is 2.36. The number of allylic oxidation sites excluding steroid dienone is 2. The first kappa shape index (κ1) is 22.0. The molecule has 0 heterocycles. The van der Waals surface area contributed by atoms with Gasteiger partial charge in [0.1, 0.15) is 0 Å². The van der Waals surface area contributed by atoms with Crippen molar-refractivity contribution in [2.45, 2.75) is 20.8 Å². The van der Waals surface area contributed by atoms with Crippen LogP contribution in [0.15, 0.2) is 24.7 Å². The van der Waals surface area contributed by atoms with Crippen LogP contribution in [0.4, 0.5) is 4.79 Å². The number of carbonyl (C=O) groups is 2. The Balaban J connectivity index is -0.000000251. The molecular weight excluding hydrogens is 238 g/mol. The van der Waals surface area contributed by atoms with Gasteiger partial charge in [-0.1, -0.05) is 12.2 Å². The predicted octanol–water partition coefficient (Wildman–Crippen LogP) is 0.0773. The van der Waals surface area contributed by atoms with Crippen LogP contribution >= 0.6 is 0 Å². The molecule has 0 bridgehead atoms. The van der Waals surface area contributed by atoms with E-state index in [1.165, 1.54) is 12.5 Å². The average molecular weight is 254 g/mol. The zero-order valence-electron chi connectivity index (χ0n) is 9.82. The van der Waals surface area contributed by atoms with Crippen molar-refractivity contribution in [3.8, 4) is 0 Å². The molecule has 9 heteroatoms. The Morgan fingerprint density at radius 2 is 1.44 bits per heavy atom. The molecule has 0 fully saturated rings. The summed E-state index contributed by atoms with van der Waals surface area (Å²) in [6.45, 7) is 4.56. The van der Waals surface area contributed by atoms with Gasteiger partial charge in [-0.2, -0.15) is 0 Å². The molecule has 0 atom stereocenters. The summed E-state index contributed by atoms with van der Waals surface area (Å²) >= 11 is 0. The maximum atomic E-state index is 10.4. The number of carbonyl (C=O) groups excluding carboxylic acids is 2. The van der Waals surface area contributed by atoms with Gasteiger partial charge >= 0.3 is 32.3 Å². The van der Waals surface area contributed by atoms with Crippen molar-refractivity contribution in [1.82, 2.24) is 0 Å². The third-order valence-corrected chi connectivity index (χ3v) is 0.872. The molecule has 7 nitrogen and oxygen atoms in total. The normalized spacial score (nSPS) is 8.94. The monoisotopic (exact) mass is 254 g/mol. The SMILES string of the molecule is CC(=O)OB(O)O.CC=COC(=O)OC=CC.[LiH]. The quantitative estimate of drug-likeness (QED) is 0.417. The molecule has 0 aromatic rings. The van der Waals surface area contributed by atoms with Crippen LogP contribution in [-0.2, 0) is 18.9 Å². The summed E-state index contributed by atoms with van der Waals surface area (Å²) in [5, 5.41) is 15.7. The minimum absolute atomic E-state index is 0. The van der Waals surface area contributed by atoms with Crippen molar-refractivity contribution in [2.75, 3.05) is 0 Å². The molecule has 0 radical (unpaired) electrons. The van der Waals surface area contributed by atoms with Gasteiger partial charge in [0.05, 0.1) is 12.5 Å². The second kappa shape index (κ2) is 15.8. The predicted molar refractivity (Wildman–Crippen MR) is 66.3 cm³/mol. The molecule has 0 aliphatic carbocycles. The van der Waals surface area contributed by atoms with Crippen LogP contribution in [0, 0.1) is 0 Å². The summed E-state index contributed by atoms with van der Waals surface area (Å²) in [6, 6.07) is 0. The fourth-order valence-corrected chi connectivity index (χ4v) is 0.423. The molecule has 0 unspecified atom stereocenters. The van der Waals surface area contributed by atoms with Crippen LogP contribution < -0.4 is 0 Å². The molecule has 0 rings (SSSR count). The zero-order chi connectivity index (χ0) is 13.7. The van der Waals surface area contributed by atoms with Crippen molar-refractivity contribution >= 4 is 38.3 Å². The van der Waals surface area contributed by atoms with E-state index < -0.39 is 19.4 Å². The standard InChI is InChI=1S/C7H10O3.C2H5BO4.Li.H/c1-3-5-9-7(8)10-6-4-2;1-2(4)7-3(5)6;;/h3-6H,1-2H3;5-6H,1H3;;. The van der Waals surface area contributed by atoms with Gasteiger partial charge in [-0.15, -0.1) is 0 Å². The van der Waals surface area contributed by atoms with E-state index in [9.17, 15) is 9.59 Å². The number of hydrogen-bond donors (Lipinski definition) is 2. The summed E-state index contributed by atoms with van der Waals surface area (Å²) < 4.78 is 12.5. The van der Waals surface area contributed by atoms with E-state index in [0.29, 0.717) is 0 Å². The molecule has 0 saturated carbocycles. The molecule has 0 aliphatic heterocycles. The third kappa shape index (κ3) is 24.2. The Labute approximate surface area is 118 Å². The second-order valence-corrected chi connectivity index (χ2v) is 2.36. The molecule has 0 spiro atoms. The Morgan fingerprint density at radius 1 is 1.06 bits per heavy atom. The van der Waals surface area contributed by atoms with Crippen LogP contribution in [0.1, 0.15) is 20.8 Å². The molecule has 0 saturated heterocycles. The number of rotatable bonds is 3. The summed E-state index contributed by atoms with van der Waals surface area (Å²) in [7, 11) is -1.97. The molecule has 0 aromatic carbocycles. The van der Waals surface area contributed by atoms with E-state index in [1.807, 2.05) is 0 Å². The molecule has 98 valence electrons. The van der Waals surface area contributed by atoms with Crippen molar-refractivity contribution in [1.29, 1.82) is 0 Å². The van der Waals surface area contributed by atoms with Crippen LogP contribution in [0.2, 0.25) is 0 Å². The summed E-state index contributed by atoms with van der Waals surface area (Å²) in [4.78, 5) is 20.1. The van der Waals surface area contributed by atoms with E-state index in [2.05, 4.69) is 14.1 Å². The van der Waals surface area contributed by atoms with E-state index in [1.54, 1.807) is 26.0 Å². The van der Waals surface area contributed by atoms with E-state index in [-0.39, 0.29) is 18.9 Å². The first-order chi connectivity index (χ1) is 7.93. The van der Waals surface area contributed by atoms with Gasteiger partial charge in [-0.3, -0.25) is 4.79 Å². The van der Waals surface area contributed by atoms with Gasteiger partial charge in [0.2, 0.25) is 0 Å². The van der Waals surface area contributed by atoms with Gasteiger partial charge in [-0.05, 0) is 13.8 Å². The van der Waals surface area contributed by atoms with Crippen LogP contribution in [-0.4, -0.2) is 48.4 Å². The fraction of sp³-hybridized carbons (Fsp3) is 0.333. The van der Waals surface area contributed by atoms with Gasteiger partial charge in [0, 0.05) is 6.92 Å². The Morgan fingerprint density at radius 3 is 1.61 bits per heavy atom. The summed E-state index contributed by atoms with van der Waals surface area (Å²) in [5.41, 5.74) is 0. The molecule has 2 N–H and O–H groups in total. The molecule has 0 amide bonds. The van der Waals surface area contributed by atoms with Crippen molar-refractivity contribution in [3.63, 3.8) is 0 Å². The van der Waals surface area contributed by atoms with E-state index in [0.717, 1.165) is 6.92 Å². The van der Waals surface area contributed by atoms with Gasteiger partial charge in [0.15, 0.2) is 0 Å². The molecular formula is C9H16BLiO7. The maximum absolute atomic E-state index is 10.4. The van der Waals surface area contributed by atoms with Crippen molar-refractivity contribution in [3.05, 3.63) is 24.7 Å². The van der Waals surface area contributed by atoms with Gasteiger partial charge in [0.25, 0.3) is 5.97 Å². The van der Waals surface area contributed by atoms with Crippen LogP contribution in [0.25, 0.3) is 0 Å². The summed E-state index contributed by atoms with van der Waals surface area (Å²) in [6.07, 6.45) is 4.97. The first-order valence-corrected chi connectivity index (χ1v) is 4.57. The van der Waals surface area contributed by atoms with E-state index >= 15 is 0 Å². The molecule has 18 heavy (non-hydrogen) atoms. The zero-order valence-corrected chi connectivity index (χ0v) is 9.82. The Kier molecular flexibility index (Phi) is 19.3. The molecule has 0 aliphatic rings. The fourth-order valence-electron chi connectivity index (χ4n) is 0.423. The van der Waals surface area contributed by atoms with Crippen molar-refractivity contribution in [2.24, 2.45) is 0 Å². The number of ether oxygens (including phenoxy) is 2. The minimum atomic E-state index is -1.97. The van der Waals surface area contributed by atoms with E-state index in [4.69, 9.17) is 10.0 Å². The topological polar surface area (TPSA) is 102 Å². The Bertz CT molecular complexity index is 262.